The Morgan fingerprint density at radius 2 is 1.86 bits per heavy atom. The maximum Gasteiger partial charge on any atom is 0.134 e. The van der Waals surface area contributed by atoms with Crippen molar-refractivity contribution < 1.29 is 9.47 Å². The molecule has 0 N–H and O–H groups in total. The quantitative estimate of drug-likeness (QED) is 0.363. The minimum Gasteiger partial charge on any atom is -0.360 e. The van der Waals surface area contributed by atoms with Crippen LogP contribution in [0, 0.1) is 5.92 Å². The van der Waals surface area contributed by atoms with Crippen molar-refractivity contribution in [2.45, 2.75) is 24.8 Å². The van der Waals surface area contributed by atoms with Crippen LogP contribution in [0.5, 0.6) is 0 Å². The van der Waals surface area contributed by atoms with Crippen LogP contribution in [0.2, 0.25) is 6.04 Å². The lowest BCUT2D eigenvalue weighted by atomic mass is 10.1. The van der Waals surface area contributed by atoms with Crippen LogP contribution in [0.3, 0.4) is 0 Å². The third-order valence-electron chi connectivity index (χ3n) is 2.58. The zero-order valence-electron chi connectivity index (χ0n) is 9.11. The van der Waals surface area contributed by atoms with E-state index >= 15 is 0 Å². The van der Waals surface area contributed by atoms with Gasteiger partial charge in [0.25, 0.3) is 0 Å². The molecule has 1 aliphatic carbocycles. The number of ether oxygens (including phenoxy) is 2. The van der Waals surface area contributed by atoms with Gasteiger partial charge in [-0.2, -0.15) is 0 Å². The van der Waals surface area contributed by atoms with E-state index in [0.717, 1.165) is 0 Å². The van der Waals surface area contributed by atoms with Gasteiger partial charge in [-0.15, -0.1) is 0 Å². The molecule has 0 heterocycles. The van der Waals surface area contributed by atoms with Crippen molar-refractivity contribution in [2.75, 3.05) is 14.2 Å². The van der Waals surface area contributed by atoms with Crippen LogP contribution < -0.4 is 0 Å². The highest BCUT2D eigenvalue weighted by atomic mass is 28.2. The molecule has 0 radical (unpaired) electrons. The fraction of sp³-hybridized carbons (Fsp3) is 0.636. The summed E-state index contributed by atoms with van der Waals surface area (Å²) < 4.78 is 10.4. The molecule has 0 aliphatic heterocycles. The number of rotatable bonds is 7. The molecule has 0 unspecified atom stereocenters. The Morgan fingerprint density at radius 1 is 1.21 bits per heavy atom. The first kappa shape index (κ1) is 11.7. The molecule has 0 amide bonds. The molecule has 80 valence electrons. The van der Waals surface area contributed by atoms with E-state index in [1.807, 2.05) is 0 Å². The van der Waals surface area contributed by atoms with E-state index in [2.05, 4.69) is 24.3 Å². The van der Waals surface area contributed by atoms with Crippen LogP contribution in [-0.2, 0) is 9.47 Å². The van der Waals surface area contributed by atoms with E-state index < -0.39 is 0 Å². The molecular weight excluding hydrogens is 192 g/mol. The summed E-state index contributed by atoms with van der Waals surface area (Å²) in [5.41, 5.74) is 0. The van der Waals surface area contributed by atoms with Gasteiger partial charge in [-0.3, -0.25) is 0 Å². The van der Waals surface area contributed by atoms with Gasteiger partial charge in [0.15, 0.2) is 0 Å². The third kappa shape index (κ3) is 4.22. The minimum atomic E-state index is -0.205. The molecule has 1 rings (SSSR count). The summed E-state index contributed by atoms with van der Waals surface area (Å²) in [6.45, 7) is 0. The number of allylic oxidation sites excluding steroid dienone is 4. The van der Waals surface area contributed by atoms with Crippen molar-refractivity contribution in [3.63, 3.8) is 0 Å². The van der Waals surface area contributed by atoms with Gasteiger partial charge < -0.3 is 9.47 Å². The summed E-state index contributed by atoms with van der Waals surface area (Å²) in [7, 11) is 3.25. The first-order chi connectivity index (χ1) is 6.86. The fourth-order valence-electron chi connectivity index (χ4n) is 1.69. The van der Waals surface area contributed by atoms with Crippen molar-refractivity contribution in [1.82, 2.24) is 0 Å². The second kappa shape index (κ2) is 6.98. The lowest BCUT2D eigenvalue weighted by Crippen LogP contribution is -2.21. The summed E-state index contributed by atoms with van der Waals surface area (Å²) in [6.07, 6.45) is 11.4. The SMILES string of the molecule is COC(OC)[SiH2]CCCC1C=CC=C1. The molecule has 0 saturated carbocycles. The molecule has 0 spiro atoms. The van der Waals surface area contributed by atoms with Crippen molar-refractivity contribution in [2.24, 2.45) is 5.92 Å². The topological polar surface area (TPSA) is 18.5 Å². The van der Waals surface area contributed by atoms with Crippen molar-refractivity contribution in [3.05, 3.63) is 24.3 Å². The molecule has 0 aromatic heterocycles. The van der Waals surface area contributed by atoms with Crippen LogP contribution in [0.25, 0.3) is 0 Å². The highest BCUT2D eigenvalue weighted by Crippen LogP contribution is 2.16. The van der Waals surface area contributed by atoms with Crippen LogP contribution >= 0.6 is 0 Å². The highest BCUT2D eigenvalue weighted by molar-refractivity contribution is 6.36. The number of hydrogen-bond acceptors (Lipinski definition) is 2. The first-order valence-corrected chi connectivity index (χ1v) is 7.09. The van der Waals surface area contributed by atoms with Crippen LogP contribution in [0.1, 0.15) is 12.8 Å². The van der Waals surface area contributed by atoms with Gasteiger partial charge in [-0.25, -0.2) is 0 Å². The molecule has 1 aliphatic rings. The maximum atomic E-state index is 5.18. The Balaban J connectivity index is 1.98. The minimum absolute atomic E-state index is 0.115. The molecular formula is C11H20O2Si. The molecule has 0 atom stereocenters. The van der Waals surface area contributed by atoms with Gasteiger partial charge in [0.1, 0.15) is 5.91 Å². The van der Waals surface area contributed by atoms with Crippen molar-refractivity contribution in [1.29, 1.82) is 0 Å². The van der Waals surface area contributed by atoms with E-state index in [0.29, 0.717) is 5.92 Å². The standard InChI is InChI=1S/C11H20O2Si/c1-12-11(13-2)14-9-5-8-10-6-3-4-7-10/h3-4,6-7,10-11H,5,8-9,14H2,1-2H3. The molecule has 2 nitrogen and oxygen atoms in total. The van der Waals surface area contributed by atoms with Gasteiger partial charge in [-0.1, -0.05) is 36.8 Å². The Hall–Kier alpha value is -0.383. The van der Waals surface area contributed by atoms with E-state index in [1.54, 1.807) is 14.2 Å². The average Bonchev–Trinajstić information content (AvgIpc) is 2.71. The van der Waals surface area contributed by atoms with Gasteiger partial charge in [0.05, 0.1) is 9.52 Å². The Morgan fingerprint density at radius 3 is 2.43 bits per heavy atom. The van der Waals surface area contributed by atoms with E-state index in [9.17, 15) is 0 Å². The molecule has 0 fully saturated rings. The van der Waals surface area contributed by atoms with Crippen LogP contribution in [0.15, 0.2) is 24.3 Å². The van der Waals surface area contributed by atoms with Gasteiger partial charge >= 0.3 is 0 Å². The number of methoxy groups -OCH3 is 2. The second-order valence-corrected chi connectivity index (χ2v) is 5.57. The lowest BCUT2D eigenvalue weighted by Gasteiger charge is -2.12. The Kier molecular flexibility index (Phi) is 5.83. The smallest absolute Gasteiger partial charge is 0.134 e. The summed E-state index contributed by atoms with van der Waals surface area (Å²) in [5.74, 6) is 0.803. The zero-order valence-corrected chi connectivity index (χ0v) is 10.5. The number of hydrogen-bond donors (Lipinski definition) is 0. The van der Waals surface area contributed by atoms with Crippen molar-refractivity contribution in [3.8, 4) is 0 Å². The molecule has 0 aromatic rings. The van der Waals surface area contributed by atoms with Gasteiger partial charge in [-0.05, 0) is 12.3 Å². The van der Waals surface area contributed by atoms with Crippen LogP contribution in [-0.4, -0.2) is 29.7 Å². The van der Waals surface area contributed by atoms with Gasteiger partial charge in [0.2, 0.25) is 0 Å². The molecule has 3 heteroatoms. The summed E-state index contributed by atoms with van der Waals surface area (Å²) in [5, 5.41) is 0. The molecule has 14 heavy (non-hydrogen) atoms. The van der Waals surface area contributed by atoms with E-state index in [1.165, 1.54) is 18.9 Å². The van der Waals surface area contributed by atoms with Crippen molar-refractivity contribution >= 4 is 9.52 Å². The van der Waals surface area contributed by atoms with E-state index in [-0.39, 0.29) is 15.4 Å². The summed E-state index contributed by atoms with van der Waals surface area (Å²) in [4.78, 5) is 0. The predicted molar refractivity (Wildman–Crippen MR) is 62.2 cm³/mol. The lowest BCUT2D eigenvalue weighted by molar-refractivity contribution is -0.0441. The zero-order chi connectivity index (χ0) is 10.2. The Bertz CT molecular complexity index is 185. The molecule has 0 bridgehead atoms. The van der Waals surface area contributed by atoms with E-state index in [4.69, 9.17) is 9.47 Å². The first-order valence-electron chi connectivity index (χ1n) is 5.27. The highest BCUT2D eigenvalue weighted by Gasteiger charge is 2.07. The third-order valence-corrected chi connectivity index (χ3v) is 4.63. The molecule has 0 aromatic carbocycles. The fourth-order valence-corrected chi connectivity index (χ4v) is 3.08. The summed E-state index contributed by atoms with van der Waals surface area (Å²) in [6, 6.07) is 1.31. The van der Waals surface area contributed by atoms with Gasteiger partial charge in [0, 0.05) is 14.2 Å². The normalized spacial score (nSPS) is 16.8. The average molecular weight is 212 g/mol. The molecule has 0 saturated heterocycles. The monoisotopic (exact) mass is 212 g/mol. The largest absolute Gasteiger partial charge is 0.360 e. The predicted octanol–water partition coefficient (Wildman–Crippen LogP) is 1.67. The maximum absolute atomic E-state index is 5.18. The summed E-state index contributed by atoms with van der Waals surface area (Å²) >= 11 is 0. The second-order valence-electron chi connectivity index (χ2n) is 3.62. The Labute approximate surface area is 88.8 Å². The van der Waals surface area contributed by atoms with Crippen LogP contribution in [0.4, 0.5) is 0 Å².